The summed E-state index contributed by atoms with van der Waals surface area (Å²) in [5.74, 6) is 0. The van der Waals surface area contributed by atoms with Crippen LogP contribution in [0.2, 0.25) is 0 Å². The lowest BCUT2D eigenvalue weighted by molar-refractivity contribution is 0.740. The molecule has 0 N–H and O–H groups in total. The fraction of sp³-hybridized carbons (Fsp3) is 0.0204. The molecule has 246 valence electrons. The Bertz CT molecular complexity index is 3050. The molecule has 11 rings (SSSR count). The number of aromatic nitrogens is 4. The molecule has 0 amide bonds. The summed E-state index contributed by atoms with van der Waals surface area (Å²) in [7, 11) is 0. The van der Waals surface area contributed by atoms with Crippen LogP contribution in [0.3, 0.4) is 0 Å². The minimum atomic E-state index is -0.672. The zero-order chi connectivity index (χ0) is 34.9. The third-order valence-electron chi connectivity index (χ3n) is 11.0. The smallest absolute Gasteiger partial charge is 0.0972 e. The molecule has 0 saturated heterocycles. The van der Waals surface area contributed by atoms with E-state index in [-0.39, 0.29) is 0 Å². The van der Waals surface area contributed by atoms with E-state index < -0.39 is 5.41 Å². The average molecular weight is 675 g/mol. The predicted octanol–water partition coefficient (Wildman–Crippen LogP) is 11.6. The maximum absolute atomic E-state index is 5.57. The Morgan fingerprint density at radius 3 is 1.55 bits per heavy atom. The van der Waals surface area contributed by atoms with E-state index in [4.69, 9.17) is 19.9 Å². The van der Waals surface area contributed by atoms with E-state index in [0.29, 0.717) is 0 Å². The SMILES string of the molecule is c1cc(-c2ccccc2-c2ccc3ccc4cccnc4c3n2)cc(C2(c3ccc4ccc5cccnc5c4n3)c3ccccc3-c3ccccc32)c1. The molecular formula is C49H30N4. The van der Waals surface area contributed by atoms with Gasteiger partial charge in [-0.2, -0.15) is 0 Å². The number of benzene rings is 6. The van der Waals surface area contributed by atoms with Crippen LogP contribution in [0.25, 0.3) is 77.1 Å². The highest BCUT2D eigenvalue weighted by Crippen LogP contribution is 2.56. The Balaban J connectivity index is 1.16. The van der Waals surface area contributed by atoms with Crippen molar-refractivity contribution in [1.29, 1.82) is 0 Å². The molecule has 1 aliphatic rings. The summed E-state index contributed by atoms with van der Waals surface area (Å²) < 4.78 is 0. The zero-order valence-corrected chi connectivity index (χ0v) is 28.6. The first-order valence-electron chi connectivity index (χ1n) is 18.0. The Labute approximate surface area is 306 Å². The Morgan fingerprint density at radius 1 is 0.358 bits per heavy atom. The molecule has 4 nitrogen and oxygen atoms in total. The Hall–Kier alpha value is -7.04. The lowest BCUT2D eigenvalue weighted by Gasteiger charge is -2.33. The van der Waals surface area contributed by atoms with E-state index in [9.17, 15) is 0 Å². The van der Waals surface area contributed by atoms with Crippen molar-refractivity contribution >= 4 is 43.6 Å². The molecule has 0 spiro atoms. The number of pyridine rings is 4. The Kier molecular flexibility index (Phi) is 6.43. The van der Waals surface area contributed by atoms with Gasteiger partial charge in [0.15, 0.2) is 0 Å². The predicted molar refractivity (Wildman–Crippen MR) is 216 cm³/mol. The first kappa shape index (κ1) is 29.7. The third-order valence-corrected chi connectivity index (χ3v) is 11.0. The van der Waals surface area contributed by atoms with Crippen LogP contribution in [0.15, 0.2) is 182 Å². The van der Waals surface area contributed by atoms with Gasteiger partial charge in [0.2, 0.25) is 0 Å². The number of rotatable bonds is 4. The Morgan fingerprint density at radius 2 is 0.887 bits per heavy atom. The molecule has 0 unspecified atom stereocenters. The second-order valence-electron chi connectivity index (χ2n) is 13.8. The fourth-order valence-corrected chi connectivity index (χ4v) is 8.65. The summed E-state index contributed by atoms with van der Waals surface area (Å²) >= 11 is 0. The molecule has 0 bridgehead atoms. The minimum absolute atomic E-state index is 0.672. The largest absolute Gasteiger partial charge is 0.254 e. The van der Waals surface area contributed by atoms with Crippen molar-refractivity contribution < 1.29 is 0 Å². The second kappa shape index (κ2) is 11.5. The maximum Gasteiger partial charge on any atom is 0.0972 e. The normalized spacial score (nSPS) is 13.1. The van der Waals surface area contributed by atoms with Crippen molar-refractivity contribution in [3.63, 3.8) is 0 Å². The van der Waals surface area contributed by atoms with Crippen molar-refractivity contribution in [1.82, 2.24) is 19.9 Å². The van der Waals surface area contributed by atoms with Gasteiger partial charge in [-0.05, 0) is 69.3 Å². The van der Waals surface area contributed by atoms with Gasteiger partial charge in [-0.3, -0.25) is 9.97 Å². The van der Waals surface area contributed by atoms with Gasteiger partial charge in [0, 0.05) is 39.5 Å². The molecule has 0 saturated carbocycles. The summed E-state index contributed by atoms with van der Waals surface area (Å²) in [6.07, 6.45) is 3.70. The summed E-state index contributed by atoms with van der Waals surface area (Å²) in [5, 5.41) is 4.31. The molecular weight excluding hydrogens is 645 g/mol. The van der Waals surface area contributed by atoms with Crippen molar-refractivity contribution in [2.24, 2.45) is 0 Å². The van der Waals surface area contributed by atoms with E-state index in [2.05, 4.69) is 158 Å². The van der Waals surface area contributed by atoms with Crippen LogP contribution in [0.5, 0.6) is 0 Å². The minimum Gasteiger partial charge on any atom is -0.254 e. The van der Waals surface area contributed by atoms with Crippen LogP contribution in [0.4, 0.5) is 0 Å². The van der Waals surface area contributed by atoms with E-state index in [1.54, 1.807) is 0 Å². The zero-order valence-electron chi connectivity index (χ0n) is 28.6. The molecule has 1 aliphatic carbocycles. The van der Waals surface area contributed by atoms with E-state index in [1.165, 1.54) is 22.3 Å². The highest BCUT2D eigenvalue weighted by molar-refractivity contribution is 6.04. The van der Waals surface area contributed by atoms with Crippen LogP contribution in [0, 0.1) is 0 Å². The van der Waals surface area contributed by atoms with Crippen molar-refractivity contribution in [3.8, 4) is 33.5 Å². The maximum atomic E-state index is 5.57. The number of fused-ring (bicyclic) bond motifs is 9. The molecule has 4 heterocycles. The summed E-state index contributed by atoms with van der Waals surface area (Å²) in [6, 6.07) is 60.6. The number of hydrogen-bond donors (Lipinski definition) is 0. The molecule has 0 atom stereocenters. The average Bonchev–Trinajstić information content (AvgIpc) is 3.54. The van der Waals surface area contributed by atoms with E-state index in [1.807, 2.05) is 24.5 Å². The van der Waals surface area contributed by atoms with Gasteiger partial charge in [-0.15, -0.1) is 0 Å². The summed E-state index contributed by atoms with van der Waals surface area (Å²) in [6.45, 7) is 0. The first-order chi connectivity index (χ1) is 26.3. The van der Waals surface area contributed by atoms with Gasteiger partial charge in [0.25, 0.3) is 0 Å². The molecule has 0 fully saturated rings. The molecule has 10 aromatic rings. The van der Waals surface area contributed by atoms with Crippen LogP contribution in [-0.2, 0) is 5.41 Å². The van der Waals surface area contributed by atoms with Gasteiger partial charge < -0.3 is 0 Å². The molecule has 4 heteroatoms. The van der Waals surface area contributed by atoms with Crippen LogP contribution < -0.4 is 0 Å². The molecule has 0 aliphatic heterocycles. The highest BCUT2D eigenvalue weighted by atomic mass is 14.8. The summed E-state index contributed by atoms with van der Waals surface area (Å²) in [5.41, 5.74) is 14.2. The van der Waals surface area contributed by atoms with Crippen molar-refractivity contribution in [2.75, 3.05) is 0 Å². The van der Waals surface area contributed by atoms with Crippen molar-refractivity contribution in [2.45, 2.75) is 5.41 Å². The standard InChI is InChI=1S/C49H30N4/c1-2-17-40(43-26-24-33-22-20-31-11-8-28-50-45(31)47(33)52-43)37(14-1)35-10-7-13-36(30-35)49(41-18-5-3-15-38(41)39-16-4-6-19-42(39)49)44-27-25-34-23-21-32-12-9-29-51-46(32)48(34)53-44/h1-30H. The summed E-state index contributed by atoms with van der Waals surface area (Å²) in [4.78, 5) is 20.4. The van der Waals surface area contributed by atoms with E-state index in [0.717, 1.165) is 77.3 Å². The quantitative estimate of drug-likeness (QED) is 0.174. The molecule has 0 radical (unpaired) electrons. The van der Waals surface area contributed by atoms with Gasteiger partial charge in [-0.25, -0.2) is 9.97 Å². The lowest BCUT2D eigenvalue weighted by Crippen LogP contribution is -2.29. The first-order valence-corrected chi connectivity index (χ1v) is 18.0. The van der Waals surface area contributed by atoms with Gasteiger partial charge >= 0.3 is 0 Å². The number of nitrogens with zero attached hydrogens (tertiary/aromatic N) is 4. The molecule has 4 aromatic heterocycles. The monoisotopic (exact) mass is 674 g/mol. The van der Waals surface area contributed by atoms with Gasteiger partial charge in [0.05, 0.1) is 38.9 Å². The molecule has 53 heavy (non-hydrogen) atoms. The highest BCUT2D eigenvalue weighted by Gasteiger charge is 2.47. The molecule has 6 aromatic carbocycles. The van der Waals surface area contributed by atoms with E-state index >= 15 is 0 Å². The lowest BCUT2D eigenvalue weighted by atomic mass is 9.69. The fourth-order valence-electron chi connectivity index (χ4n) is 8.65. The van der Waals surface area contributed by atoms with Crippen molar-refractivity contribution in [3.05, 3.63) is 205 Å². The topological polar surface area (TPSA) is 51.6 Å². The van der Waals surface area contributed by atoms with Gasteiger partial charge in [-0.1, -0.05) is 140 Å². The second-order valence-corrected chi connectivity index (χ2v) is 13.8. The van der Waals surface area contributed by atoms with Crippen LogP contribution in [-0.4, -0.2) is 19.9 Å². The third kappa shape index (κ3) is 4.36. The van der Waals surface area contributed by atoms with Crippen LogP contribution >= 0.6 is 0 Å². The van der Waals surface area contributed by atoms with Gasteiger partial charge in [0.1, 0.15) is 0 Å². The number of hydrogen-bond acceptors (Lipinski definition) is 4. The van der Waals surface area contributed by atoms with Crippen LogP contribution in [0.1, 0.15) is 22.4 Å².